The van der Waals surface area contributed by atoms with Gasteiger partial charge in [0.1, 0.15) is 0 Å². The van der Waals surface area contributed by atoms with Crippen molar-refractivity contribution in [2.75, 3.05) is 18.0 Å². The van der Waals surface area contributed by atoms with Gasteiger partial charge in [0.2, 0.25) is 0 Å². The van der Waals surface area contributed by atoms with Crippen LogP contribution in [0.1, 0.15) is 19.8 Å². The van der Waals surface area contributed by atoms with Crippen LogP contribution in [0.3, 0.4) is 0 Å². The van der Waals surface area contributed by atoms with E-state index in [-0.39, 0.29) is 11.9 Å². The first-order valence-electron chi connectivity index (χ1n) is 5.89. The van der Waals surface area contributed by atoms with Gasteiger partial charge in [0, 0.05) is 29.8 Å². The molecule has 0 radical (unpaired) electrons. The van der Waals surface area contributed by atoms with Gasteiger partial charge in [0.05, 0.1) is 0 Å². The highest BCUT2D eigenvalue weighted by Crippen LogP contribution is 2.28. The topological polar surface area (TPSA) is 42.2 Å². The van der Waals surface area contributed by atoms with E-state index >= 15 is 0 Å². The van der Waals surface area contributed by atoms with Gasteiger partial charge in [-0.25, -0.2) is 9.37 Å². The Morgan fingerprint density at radius 2 is 2.41 bits per heavy atom. The predicted molar refractivity (Wildman–Crippen MR) is 70.5 cm³/mol. The van der Waals surface area contributed by atoms with E-state index < -0.39 is 0 Å². The Bertz CT molecular complexity index is 399. The van der Waals surface area contributed by atoms with Gasteiger partial charge < -0.3 is 10.6 Å². The zero-order valence-electron chi connectivity index (χ0n) is 9.87. The van der Waals surface area contributed by atoms with Crippen LogP contribution < -0.4 is 10.6 Å². The highest BCUT2D eigenvalue weighted by Gasteiger charge is 2.27. The molecule has 1 aliphatic heterocycles. The van der Waals surface area contributed by atoms with E-state index in [1.807, 2.05) is 4.90 Å². The Morgan fingerprint density at radius 3 is 3.06 bits per heavy atom. The minimum atomic E-state index is -0.285. The molecule has 1 aromatic rings. The lowest BCUT2D eigenvalue weighted by Crippen LogP contribution is -2.47. The van der Waals surface area contributed by atoms with Gasteiger partial charge in [-0.2, -0.15) is 0 Å². The molecule has 0 aromatic carbocycles. The van der Waals surface area contributed by atoms with Crippen LogP contribution in [0.25, 0.3) is 0 Å². The second kappa shape index (κ2) is 5.31. The molecule has 5 heteroatoms. The molecular weight excluding hydrogens is 285 g/mol. The molecule has 2 atom stereocenters. The molecule has 1 saturated heterocycles. The average molecular weight is 302 g/mol. The molecule has 2 unspecified atom stereocenters. The summed E-state index contributed by atoms with van der Waals surface area (Å²) < 4.78 is 14.5. The number of hydrogen-bond acceptors (Lipinski definition) is 3. The molecule has 94 valence electrons. The third-order valence-electron chi connectivity index (χ3n) is 3.31. The van der Waals surface area contributed by atoms with E-state index in [1.165, 1.54) is 6.07 Å². The van der Waals surface area contributed by atoms with Crippen LogP contribution >= 0.6 is 15.9 Å². The number of piperidine rings is 1. The first kappa shape index (κ1) is 12.8. The third-order valence-corrected chi connectivity index (χ3v) is 3.74. The summed E-state index contributed by atoms with van der Waals surface area (Å²) in [6.07, 6.45) is 3.70. The molecule has 1 fully saturated rings. The van der Waals surface area contributed by atoms with Crippen molar-refractivity contribution in [1.29, 1.82) is 0 Å². The number of nitrogens with two attached hydrogens (primary N) is 1. The number of anilines is 1. The molecule has 1 aliphatic rings. The average Bonchev–Trinajstić information content (AvgIpc) is 2.30. The van der Waals surface area contributed by atoms with Crippen molar-refractivity contribution in [2.45, 2.75) is 25.8 Å². The van der Waals surface area contributed by atoms with Gasteiger partial charge in [-0.3, -0.25) is 0 Å². The maximum Gasteiger partial charge on any atom is 0.166 e. The highest BCUT2D eigenvalue weighted by atomic mass is 79.9. The Labute approximate surface area is 109 Å². The van der Waals surface area contributed by atoms with Crippen LogP contribution in [0, 0.1) is 11.7 Å². The second-order valence-electron chi connectivity index (χ2n) is 4.67. The summed E-state index contributed by atoms with van der Waals surface area (Å²) in [7, 11) is 0. The number of aromatic nitrogens is 1. The summed E-state index contributed by atoms with van der Waals surface area (Å²) in [4.78, 5) is 6.17. The first-order valence-corrected chi connectivity index (χ1v) is 6.69. The van der Waals surface area contributed by atoms with Gasteiger partial charge in [0.15, 0.2) is 11.6 Å². The summed E-state index contributed by atoms with van der Waals surface area (Å²) in [5, 5.41) is 0. The standard InChI is InChI=1S/C12H17BrFN3/c1-8-2-3-17(10(4-8)6-15)12-11(14)5-9(13)7-16-12/h5,7-8,10H,2-4,6,15H2,1H3. The van der Waals surface area contributed by atoms with Gasteiger partial charge in [-0.15, -0.1) is 0 Å². The number of pyridine rings is 1. The van der Waals surface area contributed by atoms with Crippen molar-refractivity contribution in [3.8, 4) is 0 Å². The van der Waals surface area contributed by atoms with Crippen LogP contribution in [0.5, 0.6) is 0 Å². The van der Waals surface area contributed by atoms with Crippen molar-refractivity contribution in [3.05, 3.63) is 22.6 Å². The van der Waals surface area contributed by atoms with Crippen LogP contribution in [0.15, 0.2) is 16.7 Å². The normalized spacial score (nSPS) is 25.1. The Hall–Kier alpha value is -0.680. The molecule has 0 spiro atoms. The SMILES string of the molecule is CC1CCN(c2ncc(Br)cc2F)C(CN)C1. The zero-order chi connectivity index (χ0) is 12.4. The van der Waals surface area contributed by atoms with Gasteiger partial charge in [-0.05, 0) is 40.8 Å². The fourth-order valence-electron chi connectivity index (χ4n) is 2.37. The molecule has 0 amide bonds. The Morgan fingerprint density at radius 1 is 1.65 bits per heavy atom. The summed E-state index contributed by atoms with van der Waals surface area (Å²) in [5.41, 5.74) is 5.77. The lowest BCUT2D eigenvalue weighted by Gasteiger charge is -2.38. The van der Waals surface area contributed by atoms with E-state index in [9.17, 15) is 4.39 Å². The van der Waals surface area contributed by atoms with Crippen molar-refractivity contribution >= 4 is 21.7 Å². The van der Waals surface area contributed by atoms with E-state index in [0.29, 0.717) is 22.8 Å². The van der Waals surface area contributed by atoms with Crippen LogP contribution in [-0.2, 0) is 0 Å². The molecule has 2 rings (SSSR count). The molecule has 0 aliphatic carbocycles. The van der Waals surface area contributed by atoms with E-state index in [0.717, 1.165) is 19.4 Å². The minimum absolute atomic E-state index is 0.196. The fourth-order valence-corrected chi connectivity index (χ4v) is 2.68. The minimum Gasteiger partial charge on any atom is -0.350 e. The Balaban J connectivity index is 2.25. The molecular formula is C12H17BrFN3. The van der Waals surface area contributed by atoms with Crippen LogP contribution in [0.4, 0.5) is 10.2 Å². The summed E-state index contributed by atoms with van der Waals surface area (Å²) in [5.74, 6) is 0.793. The molecule has 0 saturated carbocycles. The molecule has 17 heavy (non-hydrogen) atoms. The van der Waals surface area contributed by atoms with Crippen LogP contribution in [0.2, 0.25) is 0 Å². The smallest absolute Gasteiger partial charge is 0.166 e. The van der Waals surface area contributed by atoms with Gasteiger partial charge in [-0.1, -0.05) is 6.92 Å². The maximum atomic E-state index is 13.9. The molecule has 3 nitrogen and oxygen atoms in total. The summed E-state index contributed by atoms with van der Waals surface area (Å²) in [6.45, 7) is 3.58. The van der Waals surface area contributed by atoms with E-state index in [4.69, 9.17) is 5.73 Å². The number of rotatable bonds is 2. The van der Waals surface area contributed by atoms with Gasteiger partial charge >= 0.3 is 0 Å². The third kappa shape index (κ3) is 2.77. The molecule has 2 heterocycles. The van der Waals surface area contributed by atoms with Crippen molar-refractivity contribution in [2.24, 2.45) is 11.7 Å². The van der Waals surface area contributed by atoms with Crippen LogP contribution in [-0.4, -0.2) is 24.1 Å². The number of halogens is 2. The Kier molecular flexibility index (Phi) is 3.99. The second-order valence-corrected chi connectivity index (χ2v) is 5.59. The predicted octanol–water partition coefficient (Wildman–Crippen LogP) is 2.55. The van der Waals surface area contributed by atoms with Gasteiger partial charge in [0.25, 0.3) is 0 Å². The molecule has 2 N–H and O–H groups in total. The first-order chi connectivity index (χ1) is 8.11. The van der Waals surface area contributed by atoms with E-state index in [2.05, 4.69) is 27.8 Å². The monoisotopic (exact) mass is 301 g/mol. The summed E-state index contributed by atoms with van der Waals surface area (Å²) in [6, 6.07) is 1.65. The lowest BCUT2D eigenvalue weighted by atomic mass is 9.92. The van der Waals surface area contributed by atoms with Crippen molar-refractivity contribution in [3.63, 3.8) is 0 Å². The quantitative estimate of drug-likeness (QED) is 0.913. The highest BCUT2D eigenvalue weighted by molar-refractivity contribution is 9.10. The molecule has 0 bridgehead atoms. The lowest BCUT2D eigenvalue weighted by molar-refractivity contribution is 0.361. The molecule has 1 aromatic heterocycles. The zero-order valence-corrected chi connectivity index (χ0v) is 11.5. The summed E-state index contributed by atoms with van der Waals surface area (Å²) >= 11 is 3.22. The maximum absolute atomic E-state index is 13.9. The van der Waals surface area contributed by atoms with Crippen molar-refractivity contribution in [1.82, 2.24) is 4.98 Å². The number of nitrogens with zero attached hydrogens (tertiary/aromatic N) is 2. The van der Waals surface area contributed by atoms with E-state index in [1.54, 1.807) is 6.20 Å². The van der Waals surface area contributed by atoms with Crippen molar-refractivity contribution < 1.29 is 4.39 Å². The fraction of sp³-hybridized carbons (Fsp3) is 0.583. The largest absolute Gasteiger partial charge is 0.350 e. The number of hydrogen-bond donors (Lipinski definition) is 1.